The monoisotopic (exact) mass is 365 g/mol. The summed E-state index contributed by atoms with van der Waals surface area (Å²) in [5, 5.41) is 3.38. The number of nitrogens with zero attached hydrogens (tertiary/aromatic N) is 2. The highest BCUT2D eigenvalue weighted by Gasteiger charge is 2.29. The van der Waals surface area contributed by atoms with Gasteiger partial charge in [0.05, 0.1) is 5.02 Å². The quantitative estimate of drug-likeness (QED) is 0.812. The zero-order valence-corrected chi connectivity index (χ0v) is 15.2. The van der Waals surface area contributed by atoms with Gasteiger partial charge in [0.2, 0.25) is 5.91 Å². The van der Waals surface area contributed by atoms with E-state index < -0.39 is 6.04 Å². The minimum absolute atomic E-state index is 0.0284. The number of rotatable bonds is 5. The Kier molecular flexibility index (Phi) is 5.78. The summed E-state index contributed by atoms with van der Waals surface area (Å²) < 4.78 is 5.57. The number of nitrogens with one attached hydrogen (secondary N) is 1. The molecule has 136 valence electrons. The summed E-state index contributed by atoms with van der Waals surface area (Å²) in [5.41, 5.74) is 0. The van der Waals surface area contributed by atoms with Crippen molar-refractivity contribution in [3.05, 3.63) is 23.4 Å². The van der Waals surface area contributed by atoms with Crippen molar-refractivity contribution in [2.45, 2.75) is 51.2 Å². The number of hydrogen-bond acceptors (Lipinski definition) is 5. The molecule has 0 radical (unpaired) electrons. The van der Waals surface area contributed by atoms with Gasteiger partial charge in [-0.1, -0.05) is 18.0 Å². The topological polar surface area (TPSA) is 71.5 Å². The molecule has 1 aromatic rings. The second kappa shape index (κ2) is 8.04. The molecule has 1 aliphatic carbocycles. The molecular formula is C18H24ClN3O3. The third-order valence-electron chi connectivity index (χ3n) is 4.95. The molecule has 0 aromatic carbocycles. The van der Waals surface area contributed by atoms with E-state index in [1.165, 1.54) is 0 Å². The maximum absolute atomic E-state index is 12.2. The van der Waals surface area contributed by atoms with Crippen molar-refractivity contribution in [1.29, 1.82) is 0 Å². The molecule has 0 spiro atoms. The summed E-state index contributed by atoms with van der Waals surface area (Å²) in [5.74, 6) is 0.579. The van der Waals surface area contributed by atoms with Crippen molar-refractivity contribution in [3.63, 3.8) is 0 Å². The SMILES string of the molecule is CC(NC(=O)C1CCC1)C(=O)OC1CCN(c2ccc(Cl)cn2)CC1. The van der Waals surface area contributed by atoms with Gasteiger partial charge in [0, 0.05) is 38.0 Å². The predicted octanol–water partition coefficient (Wildman–Crippen LogP) is 2.55. The Morgan fingerprint density at radius 3 is 2.56 bits per heavy atom. The lowest BCUT2D eigenvalue weighted by atomic mass is 9.84. The molecule has 1 aromatic heterocycles. The Labute approximate surface area is 152 Å². The van der Waals surface area contributed by atoms with E-state index in [9.17, 15) is 9.59 Å². The van der Waals surface area contributed by atoms with E-state index in [1.807, 2.05) is 12.1 Å². The number of carbonyl (C=O) groups is 2. The summed E-state index contributed by atoms with van der Waals surface area (Å²) in [6, 6.07) is 3.12. The highest BCUT2D eigenvalue weighted by molar-refractivity contribution is 6.30. The van der Waals surface area contributed by atoms with Gasteiger partial charge >= 0.3 is 5.97 Å². The maximum Gasteiger partial charge on any atom is 0.328 e. The molecule has 1 amide bonds. The summed E-state index contributed by atoms with van der Waals surface area (Å²) in [6.45, 7) is 3.23. The number of amides is 1. The number of esters is 1. The average molecular weight is 366 g/mol. The minimum atomic E-state index is -0.593. The van der Waals surface area contributed by atoms with E-state index in [-0.39, 0.29) is 23.9 Å². The van der Waals surface area contributed by atoms with Crippen molar-refractivity contribution in [2.24, 2.45) is 5.92 Å². The lowest BCUT2D eigenvalue weighted by Gasteiger charge is -2.33. The fourth-order valence-electron chi connectivity index (χ4n) is 3.08. The Bertz CT molecular complexity index is 610. The molecule has 25 heavy (non-hydrogen) atoms. The number of carbonyl (C=O) groups excluding carboxylic acids is 2. The fraction of sp³-hybridized carbons (Fsp3) is 0.611. The molecule has 7 heteroatoms. The zero-order valence-electron chi connectivity index (χ0n) is 14.4. The van der Waals surface area contributed by atoms with Crippen molar-refractivity contribution >= 4 is 29.3 Å². The summed E-state index contributed by atoms with van der Waals surface area (Å²) in [7, 11) is 0. The van der Waals surface area contributed by atoms with Crippen LogP contribution in [-0.2, 0) is 14.3 Å². The van der Waals surface area contributed by atoms with Gasteiger partial charge < -0.3 is 15.0 Å². The standard InChI is InChI=1S/C18H24ClN3O3/c1-12(21-17(23)13-3-2-4-13)18(24)25-15-7-9-22(10-8-15)16-6-5-14(19)11-20-16/h5-6,11-13,15H,2-4,7-10H2,1H3,(H,21,23). The van der Waals surface area contributed by atoms with Gasteiger partial charge in [-0.2, -0.15) is 0 Å². The fourth-order valence-corrected chi connectivity index (χ4v) is 3.20. The molecule has 1 aliphatic heterocycles. The largest absolute Gasteiger partial charge is 0.461 e. The number of ether oxygens (including phenoxy) is 1. The van der Waals surface area contributed by atoms with Crippen molar-refractivity contribution in [2.75, 3.05) is 18.0 Å². The third-order valence-corrected chi connectivity index (χ3v) is 5.17. The molecule has 1 saturated carbocycles. The number of pyridine rings is 1. The van der Waals surface area contributed by atoms with Crippen molar-refractivity contribution in [3.8, 4) is 0 Å². The van der Waals surface area contributed by atoms with Gasteiger partial charge in [-0.15, -0.1) is 0 Å². The van der Waals surface area contributed by atoms with Gasteiger partial charge in [-0.3, -0.25) is 4.79 Å². The number of anilines is 1. The maximum atomic E-state index is 12.2. The van der Waals surface area contributed by atoms with E-state index in [0.717, 1.165) is 51.0 Å². The third kappa shape index (κ3) is 4.63. The second-order valence-electron chi connectivity index (χ2n) is 6.82. The van der Waals surface area contributed by atoms with E-state index >= 15 is 0 Å². The van der Waals surface area contributed by atoms with Crippen molar-refractivity contribution < 1.29 is 14.3 Å². The molecule has 2 fully saturated rings. The van der Waals surface area contributed by atoms with Crippen LogP contribution in [0.25, 0.3) is 0 Å². The van der Waals surface area contributed by atoms with Crippen LogP contribution in [0.2, 0.25) is 5.02 Å². The van der Waals surface area contributed by atoms with Gasteiger partial charge in [0.15, 0.2) is 0 Å². The highest BCUT2D eigenvalue weighted by atomic mass is 35.5. The zero-order chi connectivity index (χ0) is 17.8. The van der Waals surface area contributed by atoms with Crippen LogP contribution >= 0.6 is 11.6 Å². The van der Waals surface area contributed by atoms with Gasteiger partial charge in [-0.05, 0) is 31.9 Å². The molecule has 2 heterocycles. The van der Waals surface area contributed by atoms with Crippen LogP contribution < -0.4 is 10.2 Å². The predicted molar refractivity (Wildman–Crippen MR) is 95.5 cm³/mol. The first-order valence-corrected chi connectivity index (χ1v) is 9.28. The highest BCUT2D eigenvalue weighted by Crippen LogP contribution is 2.26. The summed E-state index contributed by atoms with van der Waals surface area (Å²) in [4.78, 5) is 30.6. The number of halogens is 1. The lowest BCUT2D eigenvalue weighted by molar-refractivity contribution is -0.153. The molecule has 1 N–H and O–H groups in total. The Hall–Kier alpha value is -1.82. The first-order valence-electron chi connectivity index (χ1n) is 8.90. The van der Waals surface area contributed by atoms with E-state index in [2.05, 4.69) is 15.2 Å². The van der Waals surface area contributed by atoms with Crippen LogP contribution in [0.3, 0.4) is 0 Å². The van der Waals surface area contributed by atoms with Gasteiger partial charge in [-0.25, -0.2) is 9.78 Å². The lowest BCUT2D eigenvalue weighted by Crippen LogP contribution is -2.46. The molecule has 0 bridgehead atoms. The summed E-state index contributed by atoms with van der Waals surface area (Å²) >= 11 is 5.86. The Balaban J connectivity index is 1.42. The summed E-state index contributed by atoms with van der Waals surface area (Å²) in [6.07, 6.45) is 5.96. The smallest absolute Gasteiger partial charge is 0.328 e. The van der Waals surface area contributed by atoms with Crippen LogP contribution in [0.15, 0.2) is 18.3 Å². The Morgan fingerprint density at radius 2 is 2.00 bits per heavy atom. The first-order chi connectivity index (χ1) is 12.0. The normalized spacial score (nSPS) is 19.8. The molecular weight excluding hydrogens is 342 g/mol. The first kappa shape index (κ1) is 18.0. The number of aromatic nitrogens is 1. The molecule has 2 aliphatic rings. The molecule has 1 atom stereocenters. The van der Waals surface area contributed by atoms with Crippen LogP contribution in [0.4, 0.5) is 5.82 Å². The second-order valence-corrected chi connectivity index (χ2v) is 7.25. The number of piperidine rings is 1. The molecule has 6 nitrogen and oxygen atoms in total. The van der Waals surface area contributed by atoms with Crippen LogP contribution in [0.1, 0.15) is 39.0 Å². The van der Waals surface area contributed by atoms with Crippen LogP contribution in [0.5, 0.6) is 0 Å². The average Bonchev–Trinajstić information content (AvgIpc) is 2.54. The minimum Gasteiger partial charge on any atom is -0.461 e. The van der Waals surface area contributed by atoms with Crippen LogP contribution in [-0.4, -0.2) is 42.1 Å². The molecule has 1 saturated heterocycles. The van der Waals surface area contributed by atoms with E-state index in [1.54, 1.807) is 13.1 Å². The van der Waals surface area contributed by atoms with Crippen molar-refractivity contribution in [1.82, 2.24) is 10.3 Å². The van der Waals surface area contributed by atoms with Gasteiger partial charge in [0.1, 0.15) is 18.0 Å². The van der Waals surface area contributed by atoms with E-state index in [4.69, 9.17) is 16.3 Å². The molecule has 3 rings (SSSR count). The van der Waals surface area contributed by atoms with Gasteiger partial charge in [0.25, 0.3) is 0 Å². The van der Waals surface area contributed by atoms with Crippen LogP contribution in [0, 0.1) is 5.92 Å². The van der Waals surface area contributed by atoms with E-state index in [0.29, 0.717) is 5.02 Å². The number of hydrogen-bond donors (Lipinski definition) is 1. The Morgan fingerprint density at radius 1 is 1.28 bits per heavy atom. The molecule has 1 unspecified atom stereocenters.